The number of rotatable bonds is 4. The molecule has 24 heavy (non-hydrogen) atoms. The van der Waals surface area contributed by atoms with Crippen LogP contribution in [0.4, 0.5) is 0 Å². The lowest BCUT2D eigenvalue weighted by Gasteiger charge is -2.41. The van der Waals surface area contributed by atoms with Crippen LogP contribution in [-0.2, 0) is 0 Å². The molecule has 0 bridgehead atoms. The molecule has 0 amide bonds. The molecule has 1 aliphatic rings. The third-order valence-electron chi connectivity index (χ3n) is 5.31. The van der Waals surface area contributed by atoms with Crippen molar-refractivity contribution < 1.29 is 5.11 Å². The van der Waals surface area contributed by atoms with Crippen molar-refractivity contribution in [2.24, 2.45) is 5.92 Å². The van der Waals surface area contributed by atoms with Gasteiger partial charge in [0.05, 0.1) is 6.10 Å². The molecule has 0 radical (unpaired) electrons. The molecule has 4 atom stereocenters. The molecule has 2 aromatic rings. The molecule has 0 aromatic heterocycles. The first-order valence-corrected chi connectivity index (χ1v) is 9.51. The van der Waals surface area contributed by atoms with Crippen molar-refractivity contribution in [3.63, 3.8) is 0 Å². The smallest absolute Gasteiger partial charge is 0.0587 e. The van der Waals surface area contributed by atoms with Gasteiger partial charge in [-0.3, -0.25) is 0 Å². The molecule has 128 valence electrons. The van der Waals surface area contributed by atoms with Gasteiger partial charge in [0.2, 0.25) is 0 Å². The number of hydrogen-bond donors (Lipinski definition) is 1. The lowest BCUT2D eigenvalue weighted by Crippen LogP contribution is -2.38. The molecule has 3 heteroatoms. The van der Waals surface area contributed by atoms with E-state index in [9.17, 15) is 5.11 Å². The summed E-state index contributed by atoms with van der Waals surface area (Å²) in [5.41, 5.74) is 2.67. The fourth-order valence-electron chi connectivity index (χ4n) is 4.20. The Morgan fingerprint density at radius 2 is 1.67 bits per heavy atom. The Morgan fingerprint density at radius 1 is 1.00 bits per heavy atom. The zero-order valence-electron chi connectivity index (χ0n) is 14.4. The topological polar surface area (TPSA) is 23.5 Å². The van der Waals surface area contributed by atoms with Crippen molar-refractivity contribution in [3.8, 4) is 0 Å². The van der Waals surface area contributed by atoms with Gasteiger partial charge in [-0.15, -0.1) is 0 Å². The number of hydrogen-bond acceptors (Lipinski definition) is 2. The highest BCUT2D eigenvalue weighted by atomic mass is 79.9. The summed E-state index contributed by atoms with van der Waals surface area (Å²) in [6.45, 7) is 0. The van der Waals surface area contributed by atoms with Gasteiger partial charge in [0, 0.05) is 16.4 Å². The molecule has 0 spiro atoms. The van der Waals surface area contributed by atoms with Crippen molar-refractivity contribution in [2.75, 3.05) is 14.1 Å². The van der Waals surface area contributed by atoms with Gasteiger partial charge in [-0.2, -0.15) is 0 Å². The second-order valence-electron chi connectivity index (χ2n) is 7.08. The van der Waals surface area contributed by atoms with Crippen LogP contribution in [0, 0.1) is 5.92 Å². The van der Waals surface area contributed by atoms with Gasteiger partial charge in [0.25, 0.3) is 0 Å². The van der Waals surface area contributed by atoms with Crippen LogP contribution in [-0.4, -0.2) is 30.2 Å². The Balaban J connectivity index is 1.89. The highest BCUT2D eigenvalue weighted by Crippen LogP contribution is 2.44. The van der Waals surface area contributed by atoms with Crippen LogP contribution in [0.5, 0.6) is 0 Å². The maximum absolute atomic E-state index is 10.7. The first-order valence-electron chi connectivity index (χ1n) is 8.71. The summed E-state index contributed by atoms with van der Waals surface area (Å²) < 4.78 is 1.19. The van der Waals surface area contributed by atoms with E-state index in [4.69, 9.17) is 0 Å². The first-order chi connectivity index (χ1) is 11.6. The number of benzene rings is 2. The maximum Gasteiger partial charge on any atom is 0.0587 e. The van der Waals surface area contributed by atoms with Gasteiger partial charge >= 0.3 is 0 Å². The van der Waals surface area contributed by atoms with Crippen LogP contribution in [0.2, 0.25) is 0 Å². The number of nitrogens with zero attached hydrogens (tertiary/aromatic N) is 1. The second-order valence-corrected chi connectivity index (χ2v) is 7.94. The van der Waals surface area contributed by atoms with Crippen LogP contribution >= 0.6 is 15.9 Å². The first kappa shape index (κ1) is 17.7. The molecule has 1 N–H and O–H groups in total. The maximum atomic E-state index is 10.7. The standard InChI is InChI=1S/C21H26BrNO/c1-23(2)21(15-8-4-3-5-9-15)18-14-16(12-13-20(18)24)17-10-6-7-11-19(17)22/h3-11,16,18,20-21,24H,12-14H2,1-2H3. The molecule has 0 heterocycles. The van der Waals surface area contributed by atoms with E-state index in [0.717, 1.165) is 19.3 Å². The second kappa shape index (κ2) is 7.81. The van der Waals surface area contributed by atoms with Crippen LogP contribution in [0.3, 0.4) is 0 Å². The van der Waals surface area contributed by atoms with Gasteiger partial charge < -0.3 is 10.0 Å². The molecule has 0 saturated heterocycles. The lowest BCUT2D eigenvalue weighted by molar-refractivity contribution is 0.0153. The summed E-state index contributed by atoms with van der Waals surface area (Å²) in [4.78, 5) is 2.26. The largest absolute Gasteiger partial charge is 0.393 e. The average Bonchev–Trinajstić information content (AvgIpc) is 2.58. The highest BCUT2D eigenvalue weighted by Gasteiger charge is 2.37. The number of halogens is 1. The van der Waals surface area contributed by atoms with Crippen molar-refractivity contribution in [2.45, 2.75) is 37.3 Å². The van der Waals surface area contributed by atoms with Crippen molar-refractivity contribution >= 4 is 15.9 Å². The third kappa shape index (κ3) is 3.74. The van der Waals surface area contributed by atoms with Gasteiger partial charge in [-0.05, 0) is 56.5 Å². The van der Waals surface area contributed by atoms with E-state index in [0.29, 0.717) is 5.92 Å². The molecule has 2 nitrogen and oxygen atoms in total. The summed E-state index contributed by atoms with van der Waals surface area (Å²) in [6, 6.07) is 19.4. The molecule has 3 rings (SSSR count). The van der Waals surface area contributed by atoms with E-state index in [1.54, 1.807) is 0 Å². The van der Waals surface area contributed by atoms with Crippen LogP contribution < -0.4 is 0 Å². The Labute approximate surface area is 153 Å². The average molecular weight is 388 g/mol. The molecule has 1 fully saturated rings. The SMILES string of the molecule is CN(C)C(c1ccccc1)C1CC(c2ccccc2Br)CCC1O. The van der Waals surface area contributed by atoms with Gasteiger partial charge in [-0.1, -0.05) is 64.5 Å². The zero-order valence-corrected chi connectivity index (χ0v) is 16.0. The van der Waals surface area contributed by atoms with E-state index in [1.807, 2.05) is 0 Å². The van der Waals surface area contributed by atoms with E-state index in [2.05, 4.69) is 89.5 Å². The summed E-state index contributed by atoms with van der Waals surface area (Å²) >= 11 is 3.70. The minimum Gasteiger partial charge on any atom is -0.393 e. The van der Waals surface area contributed by atoms with Crippen LogP contribution in [0.15, 0.2) is 59.1 Å². The predicted molar refractivity (Wildman–Crippen MR) is 103 cm³/mol. The van der Waals surface area contributed by atoms with E-state index < -0.39 is 0 Å². The molecular formula is C21H26BrNO. The summed E-state index contributed by atoms with van der Waals surface area (Å²) in [5.74, 6) is 0.744. The molecule has 1 aliphatic carbocycles. The Hall–Kier alpha value is -1.16. The lowest BCUT2D eigenvalue weighted by atomic mass is 9.72. The molecule has 0 aliphatic heterocycles. The minimum absolute atomic E-state index is 0.239. The Kier molecular flexibility index (Phi) is 5.75. The van der Waals surface area contributed by atoms with Crippen molar-refractivity contribution in [1.82, 2.24) is 4.90 Å². The Morgan fingerprint density at radius 3 is 2.33 bits per heavy atom. The fraction of sp³-hybridized carbons (Fsp3) is 0.429. The molecule has 1 saturated carbocycles. The van der Waals surface area contributed by atoms with Gasteiger partial charge in [0.15, 0.2) is 0 Å². The third-order valence-corrected chi connectivity index (χ3v) is 6.03. The van der Waals surface area contributed by atoms with Crippen LogP contribution in [0.25, 0.3) is 0 Å². The quantitative estimate of drug-likeness (QED) is 0.797. The molecular weight excluding hydrogens is 362 g/mol. The van der Waals surface area contributed by atoms with E-state index >= 15 is 0 Å². The van der Waals surface area contributed by atoms with E-state index in [1.165, 1.54) is 15.6 Å². The Bertz CT molecular complexity index is 658. The highest BCUT2D eigenvalue weighted by molar-refractivity contribution is 9.10. The fourth-order valence-corrected chi connectivity index (χ4v) is 4.80. The summed E-state index contributed by atoms with van der Waals surface area (Å²) in [7, 11) is 4.23. The normalized spacial score (nSPS) is 25.6. The minimum atomic E-state index is -0.239. The molecule has 2 aromatic carbocycles. The van der Waals surface area contributed by atoms with Crippen LogP contribution in [0.1, 0.15) is 42.3 Å². The van der Waals surface area contributed by atoms with Gasteiger partial charge in [0.1, 0.15) is 0 Å². The van der Waals surface area contributed by atoms with Gasteiger partial charge in [-0.25, -0.2) is 0 Å². The van der Waals surface area contributed by atoms with E-state index in [-0.39, 0.29) is 18.1 Å². The summed E-state index contributed by atoms with van der Waals surface area (Å²) in [5, 5.41) is 10.7. The number of aliphatic hydroxyl groups is 1. The monoisotopic (exact) mass is 387 g/mol. The summed E-state index contributed by atoms with van der Waals surface area (Å²) in [6.07, 6.45) is 2.70. The number of aliphatic hydroxyl groups excluding tert-OH is 1. The van der Waals surface area contributed by atoms with Crippen molar-refractivity contribution in [1.29, 1.82) is 0 Å². The van der Waals surface area contributed by atoms with Crippen molar-refractivity contribution in [3.05, 3.63) is 70.2 Å². The zero-order chi connectivity index (χ0) is 17.1. The predicted octanol–water partition coefficient (Wildman–Crippen LogP) is 5.00. The molecule has 4 unspecified atom stereocenters.